The minimum atomic E-state index is -0.282. The Bertz CT molecular complexity index is 3140. The molecule has 5 heteroatoms. The molecule has 0 spiro atoms. The van der Waals surface area contributed by atoms with Gasteiger partial charge in [0.05, 0.1) is 17.1 Å². The maximum Gasteiger partial charge on any atom is 0.132 e. The number of pyridine rings is 3. The molecule has 0 aliphatic heterocycles. The fraction of sp³-hybridized carbons (Fsp3) is 0.0656. The zero-order valence-corrected chi connectivity index (χ0v) is 36.3. The van der Waals surface area contributed by atoms with Crippen LogP contribution in [0.3, 0.4) is 0 Å². The van der Waals surface area contributed by atoms with Crippen molar-refractivity contribution < 1.29 is 8.78 Å². The number of rotatable bonds is 13. The molecule has 0 unspecified atom stereocenters. The van der Waals surface area contributed by atoms with Gasteiger partial charge in [-0.15, -0.1) is 0 Å². The lowest BCUT2D eigenvalue weighted by atomic mass is 9.86. The third kappa shape index (κ3) is 9.38. The highest BCUT2D eigenvalue weighted by molar-refractivity contribution is 5.93. The quantitative estimate of drug-likeness (QED) is 0.116. The zero-order valence-electron chi connectivity index (χ0n) is 36.3. The Morgan fingerprint density at radius 1 is 0.258 bits per heavy atom. The lowest BCUT2D eigenvalue weighted by molar-refractivity contribution is 0.627. The van der Waals surface area contributed by atoms with Gasteiger partial charge in [0, 0.05) is 35.3 Å². The largest absolute Gasteiger partial charge is 0.256 e. The number of hydrogen-bond donors (Lipinski definition) is 0. The molecule has 7 aromatic carbocycles. The van der Waals surface area contributed by atoms with E-state index < -0.39 is 0 Å². The molecule has 318 valence electrons. The molecule has 0 saturated heterocycles. The highest BCUT2D eigenvalue weighted by Crippen LogP contribution is 2.41. The van der Waals surface area contributed by atoms with E-state index in [0.717, 1.165) is 72.5 Å². The number of aryl methyl sites for hydroxylation is 4. The second-order valence-electron chi connectivity index (χ2n) is 16.6. The van der Waals surface area contributed by atoms with Gasteiger partial charge in [0.2, 0.25) is 0 Å². The van der Waals surface area contributed by atoms with E-state index in [1.54, 1.807) is 24.5 Å². The molecule has 0 amide bonds. The molecule has 0 fully saturated rings. The summed E-state index contributed by atoms with van der Waals surface area (Å²) in [6, 6.07) is 69.3. The first-order valence-electron chi connectivity index (χ1n) is 22.4. The number of nitrogens with zero attached hydrogens (tertiary/aromatic N) is 3. The lowest BCUT2D eigenvalue weighted by Gasteiger charge is -2.18. The molecule has 10 rings (SSSR count). The Morgan fingerprint density at radius 2 is 0.697 bits per heavy atom. The second kappa shape index (κ2) is 19.3. The first-order chi connectivity index (χ1) is 32.5. The summed E-state index contributed by atoms with van der Waals surface area (Å²) in [5.74, 6) is -0.564. The maximum absolute atomic E-state index is 15.5. The molecule has 0 atom stereocenters. The van der Waals surface area contributed by atoms with Gasteiger partial charge in [-0.3, -0.25) is 15.0 Å². The van der Waals surface area contributed by atoms with Gasteiger partial charge >= 0.3 is 0 Å². The van der Waals surface area contributed by atoms with Crippen LogP contribution in [0.4, 0.5) is 8.78 Å². The summed E-state index contributed by atoms with van der Waals surface area (Å²) in [5, 5.41) is 0. The average molecular weight is 858 g/mol. The molecular formula is C61H45F2N3. The molecule has 0 N–H and O–H groups in total. The summed E-state index contributed by atoms with van der Waals surface area (Å²) in [5.41, 5.74) is 17.2. The van der Waals surface area contributed by atoms with Crippen LogP contribution in [-0.4, -0.2) is 15.0 Å². The minimum absolute atomic E-state index is 0.282. The van der Waals surface area contributed by atoms with Crippen molar-refractivity contribution in [1.29, 1.82) is 0 Å². The molecule has 0 saturated carbocycles. The third-order valence-corrected chi connectivity index (χ3v) is 12.2. The van der Waals surface area contributed by atoms with E-state index >= 15 is 8.78 Å². The Morgan fingerprint density at radius 3 is 1.24 bits per heavy atom. The first-order valence-corrected chi connectivity index (χ1v) is 22.4. The molecule has 0 bridgehead atoms. The van der Waals surface area contributed by atoms with Crippen molar-refractivity contribution in [2.45, 2.75) is 25.7 Å². The van der Waals surface area contributed by atoms with E-state index in [1.807, 2.05) is 91.1 Å². The smallest absolute Gasteiger partial charge is 0.132 e. The van der Waals surface area contributed by atoms with Crippen LogP contribution in [0.5, 0.6) is 0 Å². The van der Waals surface area contributed by atoms with Crippen LogP contribution in [0.2, 0.25) is 0 Å². The van der Waals surface area contributed by atoms with Crippen molar-refractivity contribution >= 4 is 0 Å². The summed E-state index contributed by atoms with van der Waals surface area (Å²) in [7, 11) is 0. The Labute approximate surface area is 384 Å². The van der Waals surface area contributed by atoms with Crippen LogP contribution in [0.25, 0.3) is 78.3 Å². The van der Waals surface area contributed by atoms with E-state index in [2.05, 4.69) is 119 Å². The van der Waals surface area contributed by atoms with Crippen LogP contribution < -0.4 is 0 Å². The molecule has 0 aliphatic carbocycles. The summed E-state index contributed by atoms with van der Waals surface area (Å²) in [6.07, 6.45) is 7.91. The van der Waals surface area contributed by atoms with Gasteiger partial charge in [0.15, 0.2) is 0 Å². The van der Waals surface area contributed by atoms with Crippen LogP contribution in [-0.2, 0) is 25.7 Å². The topological polar surface area (TPSA) is 38.7 Å². The van der Waals surface area contributed by atoms with E-state index in [1.165, 1.54) is 5.56 Å². The average Bonchev–Trinajstić information content (AvgIpc) is 3.38. The van der Waals surface area contributed by atoms with Crippen LogP contribution >= 0.6 is 0 Å². The monoisotopic (exact) mass is 857 g/mol. The molecule has 10 aromatic rings. The zero-order chi connectivity index (χ0) is 44.7. The fourth-order valence-electron chi connectivity index (χ4n) is 8.83. The molecule has 0 radical (unpaired) electrons. The molecular weight excluding hydrogens is 813 g/mol. The van der Waals surface area contributed by atoms with Gasteiger partial charge in [-0.1, -0.05) is 140 Å². The van der Waals surface area contributed by atoms with Crippen LogP contribution in [0.15, 0.2) is 225 Å². The van der Waals surface area contributed by atoms with Crippen molar-refractivity contribution in [3.8, 4) is 78.3 Å². The van der Waals surface area contributed by atoms with E-state index in [9.17, 15) is 0 Å². The first kappa shape index (κ1) is 41.8. The highest BCUT2D eigenvalue weighted by atomic mass is 19.1. The van der Waals surface area contributed by atoms with Crippen molar-refractivity contribution in [2.75, 3.05) is 0 Å². The van der Waals surface area contributed by atoms with E-state index in [4.69, 9.17) is 4.98 Å². The lowest BCUT2D eigenvalue weighted by Crippen LogP contribution is -1.99. The number of hydrogen-bond acceptors (Lipinski definition) is 3. The molecule has 0 aliphatic rings. The molecule has 3 aromatic heterocycles. The van der Waals surface area contributed by atoms with Gasteiger partial charge in [-0.2, -0.15) is 0 Å². The Kier molecular flexibility index (Phi) is 12.2. The third-order valence-electron chi connectivity index (χ3n) is 12.2. The molecule has 66 heavy (non-hydrogen) atoms. The molecule has 3 nitrogen and oxygen atoms in total. The van der Waals surface area contributed by atoms with Gasteiger partial charge < -0.3 is 0 Å². The summed E-state index contributed by atoms with van der Waals surface area (Å²) in [4.78, 5) is 13.4. The van der Waals surface area contributed by atoms with E-state index in [-0.39, 0.29) is 11.6 Å². The van der Waals surface area contributed by atoms with Gasteiger partial charge in [-0.25, -0.2) is 8.78 Å². The van der Waals surface area contributed by atoms with Crippen molar-refractivity contribution in [3.63, 3.8) is 0 Å². The Balaban J connectivity index is 1.02. The standard InChI is InChI=1S/C61H45F2N3/c62-57-39-42(23-30-54(57)60-17-7-10-34-65-60)19-21-44-36-45(22-20-43-24-31-55(58(63)40-43)61-18-8-11-35-66-61)38-50(37-44)51-14-4-5-15-52(51)53-32-29-49(59-16-6-9-33-64-59)41-56(53)48-27-25-47(26-28-48)46-12-2-1-3-13-46/h1-18,23-41H,19-22H2. The van der Waals surface area contributed by atoms with Crippen molar-refractivity contribution in [1.82, 2.24) is 15.0 Å². The van der Waals surface area contributed by atoms with Crippen LogP contribution in [0, 0.1) is 11.6 Å². The van der Waals surface area contributed by atoms with Gasteiger partial charge in [0.25, 0.3) is 0 Å². The van der Waals surface area contributed by atoms with Gasteiger partial charge in [0.1, 0.15) is 11.6 Å². The summed E-state index contributed by atoms with van der Waals surface area (Å²) in [6.45, 7) is 0. The van der Waals surface area contributed by atoms with Crippen molar-refractivity contribution in [2.24, 2.45) is 0 Å². The fourth-order valence-corrected chi connectivity index (χ4v) is 8.83. The predicted octanol–water partition coefficient (Wildman–Crippen LogP) is 15.4. The van der Waals surface area contributed by atoms with Crippen LogP contribution in [0.1, 0.15) is 22.3 Å². The highest BCUT2D eigenvalue weighted by Gasteiger charge is 2.17. The number of benzene rings is 7. The SMILES string of the molecule is Fc1cc(CCc2cc(CCc3ccc(-c4ccccn4)c(F)c3)cc(-c3ccccc3-c3ccc(-c4ccccn4)cc3-c3ccc(-c4ccccc4)cc3)c2)ccc1-c1ccccn1. The summed E-state index contributed by atoms with van der Waals surface area (Å²) < 4.78 is 31.1. The maximum atomic E-state index is 15.5. The van der Waals surface area contributed by atoms with Crippen molar-refractivity contribution in [3.05, 3.63) is 259 Å². The second-order valence-corrected chi connectivity index (χ2v) is 16.6. The normalized spacial score (nSPS) is 11.1. The summed E-state index contributed by atoms with van der Waals surface area (Å²) >= 11 is 0. The minimum Gasteiger partial charge on any atom is -0.256 e. The Hall–Kier alpha value is -8.15. The van der Waals surface area contributed by atoms with E-state index in [0.29, 0.717) is 48.2 Å². The van der Waals surface area contributed by atoms with Gasteiger partial charge in [-0.05, 0) is 159 Å². The predicted molar refractivity (Wildman–Crippen MR) is 265 cm³/mol. The number of halogens is 2. The number of aromatic nitrogens is 3. The molecule has 3 heterocycles.